The van der Waals surface area contributed by atoms with Gasteiger partial charge in [-0.2, -0.15) is 0 Å². The summed E-state index contributed by atoms with van der Waals surface area (Å²) in [6.07, 6.45) is 3.59. The van der Waals surface area contributed by atoms with Crippen molar-refractivity contribution < 1.29 is 5.21 Å². The van der Waals surface area contributed by atoms with E-state index in [1.165, 1.54) is 0 Å². The first kappa shape index (κ1) is 13.6. The number of amidine groups is 1. The number of hydrogen-bond donors (Lipinski definition) is 2. The minimum Gasteiger partial charge on any atom is -0.409 e. The molecule has 8 heteroatoms. The largest absolute Gasteiger partial charge is 0.409 e. The van der Waals surface area contributed by atoms with E-state index in [9.17, 15) is 0 Å². The van der Waals surface area contributed by atoms with Gasteiger partial charge in [0.2, 0.25) is 0 Å². The van der Waals surface area contributed by atoms with E-state index >= 15 is 0 Å². The molecule has 1 fully saturated rings. The molecule has 7 nitrogen and oxygen atoms in total. The van der Waals surface area contributed by atoms with E-state index in [1.54, 1.807) is 23.6 Å². The fraction of sp³-hybridized carbons (Fsp3) is 0.308. The van der Waals surface area contributed by atoms with Gasteiger partial charge in [0.05, 0.1) is 11.9 Å². The van der Waals surface area contributed by atoms with E-state index in [4.69, 9.17) is 10.9 Å². The summed E-state index contributed by atoms with van der Waals surface area (Å²) in [4.78, 5) is 13.1. The van der Waals surface area contributed by atoms with Crippen LogP contribution in [0.25, 0.3) is 0 Å². The van der Waals surface area contributed by atoms with Crippen LogP contribution in [0.5, 0.6) is 0 Å². The first-order valence-electron chi connectivity index (χ1n) is 6.61. The molecule has 1 aliphatic heterocycles. The molecule has 0 spiro atoms. The van der Waals surface area contributed by atoms with Crippen LogP contribution in [-0.4, -0.2) is 47.2 Å². The summed E-state index contributed by atoms with van der Waals surface area (Å²) in [5.41, 5.74) is 7.03. The molecule has 0 atom stereocenters. The molecule has 2 aromatic rings. The molecule has 0 saturated carbocycles. The van der Waals surface area contributed by atoms with Gasteiger partial charge in [0.25, 0.3) is 0 Å². The number of rotatable bonds is 3. The van der Waals surface area contributed by atoms with Gasteiger partial charge in [-0.05, 0) is 12.1 Å². The van der Waals surface area contributed by atoms with Crippen LogP contribution in [0.15, 0.2) is 35.1 Å². The van der Waals surface area contributed by atoms with Gasteiger partial charge in [-0.15, -0.1) is 11.3 Å². The zero-order valence-corrected chi connectivity index (χ0v) is 12.2. The Morgan fingerprint density at radius 2 is 1.95 bits per heavy atom. The third-order valence-corrected chi connectivity index (χ3v) is 4.28. The van der Waals surface area contributed by atoms with Crippen LogP contribution in [0.4, 0.5) is 10.8 Å². The SMILES string of the molecule is N/C(=N/O)c1ccc(N2CCN(c3nccs3)CC2)cn1. The molecule has 0 aliphatic carbocycles. The predicted molar refractivity (Wildman–Crippen MR) is 83.3 cm³/mol. The summed E-state index contributed by atoms with van der Waals surface area (Å²) < 4.78 is 0. The highest BCUT2D eigenvalue weighted by atomic mass is 32.1. The number of pyridine rings is 1. The molecular formula is C13H16N6OS. The summed E-state index contributed by atoms with van der Waals surface area (Å²) in [5.74, 6) is 0.0233. The van der Waals surface area contributed by atoms with Crippen molar-refractivity contribution in [3.63, 3.8) is 0 Å². The second-order valence-electron chi connectivity index (χ2n) is 4.68. The van der Waals surface area contributed by atoms with Crippen molar-refractivity contribution >= 4 is 28.0 Å². The maximum absolute atomic E-state index is 8.63. The van der Waals surface area contributed by atoms with Gasteiger partial charge in [-0.25, -0.2) is 4.98 Å². The molecule has 0 radical (unpaired) electrons. The Hall–Kier alpha value is -2.35. The maximum Gasteiger partial charge on any atom is 0.188 e. The first-order chi connectivity index (χ1) is 10.3. The van der Waals surface area contributed by atoms with Gasteiger partial charge in [0, 0.05) is 37.8 Å². The Bertz CT molecular complexity index is 604. The molecule has 21 heavy (non-hydrogen) atoms. The smallest absolute Gasteiger partial charge is 0.188 e. The summed E-state index contributed by atoms with van der Waals surface area (Å²) >= 11 is 1.67. The Morgan fingerprint density at radius 1 is 1.19 bits per heavy atom. The Balaban J connectivity index is 1.64. The second-order valence-corrected chi connectivity index (χ2v) is 5.55. The fourth-order valence-corrected chi connectivity index (χ4v) is 3.00. The van der Waals surface area contributed by atoms with Crippen molar-refractivity contribution in [2.45, 2.75) is 0 Å². The van der Waals surface area contributed by atoms with Crippen molar-refractivity contribution in [2.75, 3.05) is 36.0 Å². The molecule has 3 N–H and O–H groups in total. The van der Waals surface area contributed by atoms with Crippen molar-refractivity contribution in [3.05, 3.63) is 35.6 Å². The van der Waals surface area contributed by atoms with Crippen LogP contribution < -0.4 is 15.5 Å². The van der Waals surface area contributed by atoms with Crippen LogP contribution in [-0.2, 0) is 0 Å². The topological polar surface area (TPSA) is 90.9 Å². The van der Waals surface area contributed by atoms with Gasteiger partial charge in [0.15, 0.2) is 11.0 Å². The predicted octanol–water partition coefficient (Wildman–Crippen LogP) is 0.959. The van der Waals surface area contributed by atoms with Gasteiger partial charge in [-0.1, -0.05) is 5.16 Å². The highest BCUT2D eigenvalue weighted by Gasteiger charge is 2.19. The minimum atomic E-state index is 0.0233. The molecule has 1 saturated heterocycles. The van der Waals surface area contributed by atoms with Crippen LogP contribution in [0, 0.1) is 0 Å². The molecule has 0 aromatic carbocycles. The third-order valence-electron chi connectivity index (χ3n) is 3.45. The normalized spacial score (nSPS) is 16.3. The van der Waals surface area contributed by atoms with Crippen molar-refractivity contribution in [2.24, 2.45) is 10.9 Å². The number of hydrogen-bond acceptors (Lipinski definition) is 7. The summed E-state index contributed by atoms with van der Waals surface area (Å²) in [6.45, 7) is 3.72. The molecule has 3 heterocycles. The quantitative estimate of drug-likeness (QED) is 0.380. The van der Waals surface area contributed by atoms with Gasteiger partial charge in [0.1, 0.15) is 5.69 Å². The summed E-state index contributed by atoms with van der Waals surface area (Å²) in [7, 11) is 0. The van der Waals surface area contributed by atoms with Crippen LogP contribution in [0.3, 0.4) is 0 Å². The van der Waals surface area contributed by atoms with E-state index in [1.807, 2.05) is 17.6 Å². The Morgan fingerprint density at radius 3 is 2.52 bits per heavy atom. The van der Waals surface area contributed by atoms with E-state index in [0.29, 0.717) is 5.69 Å². The number of thiazole rings is 1. The molecular weight excluding hydrogens is 288 g/mol. The summed E-state index contributed by atoms with van der Waals surface area (Å²) in [6, 6.07) is 3.71. The first-order valence-corrected chi connectivity index (χ1v) is 7.49. The summed E-state index contributed by atoms with van der Waals surface area (Å²) in [5, 5.41) is 14.6. The van der Waals surface area contributed by atoms with E-state index in [-0.39, 0.29) is 5.84 Å². The Kier molecular flexibility index (Phi) is 3.87. The standard InChI is InChI=1S/C13H16N6OS/c14-12(17-20)11-2-1-10(9-16-11)18-4-6-19(7-5-18)13-15-3-8-21-13/h1-3,8-9,20H,4-7H2,(H2,14,17). The average Bonchev–Trinajstić information content (AvgIpc) is 3.09. The van der Waals surface area contributed by atoms with E-state index in [0.717, 1.165) is 37.0 Å². The van der Waals surface area contributed by atoms with E-state index in [2.05, 4.69) is 24.9 Å². The zero-order chi connectivity index (χ0) is 14.7. The molecule has 0 amide bonds. The lowest BCUT2D eigenvalue weighted by Gasteiger charge is -2.35. The second kappa shape index (κ2) is 5.96. The minimum absolute atomic E-state index is 0.0233. The zero-order valence-electron chi connectivity index (χ0n) is 11.4. The van der Waals surface area contributed by atoms with Crippen LogP contribution >= 0.6 is 11.3 Å². The van der Waals surface area contributed by atoms with Gasteiger partial charge >= 0.3 is 0 Å². The monoisotopic (exact) mass is 304 g/mol. The lowest BCUT2D eigenvalue weighted by molar-refractivity contribution is 0.318. The van der Waals surface area contributed by atoms with Crippen molar-refractivity contribution in [1.29, 1.82) is 0 Å². The molecule has 3 rings (SSSR count). The number of aromatic nitrogens is 2. The van der Waals surface area contributed by atoms with Crippen molar-refractivity contribution in [1.82, 2.24) is 9.97 Å². The number of nitrogens with two attached hydrogens (primary N) is 1. The average molecular weight is 304 g/mol. The lowest BCUT2D eigenvalue weighted by Crippen LogP contribution is -2.46. The Labute approximate surface area is 126 Å². The van der Waals surface area contributed by atoms with Crippen LogP contribution in [0.2, 0.25) is 0 Å². The number of anilines is 2. The molecule has 1 aliphatic rings. The van der Waals surface area contributed by atoms with E-state index < -0.39 is 0 Å². The number of oxime groups is 1. The third kappa shape index (κ3) is 2.89. The molecule has 110 valence electrons. The maximum atomic E-state index is 8.63. The van der Waals surface area contributed by atoms with Gasteiger partial charge in [-0.3, -0.25) is 4.98 Å². The van der Waals surface area contributed by atoms with Crippen LogP contribution in [0.1, 0.15) is 5.69 Å². The number of nitrogens with zero attached hydrogens (tertiary/aromatic N) is 5. The van der Waals surface area contributed by atoms with Crippen molar-refractivity contribution in [3.8, 4) is 0 Å². The highest BCUT2D eigenvalue weighted by Crippen LogP contribution is 2.21. The number of piperazine rings is 1. The molecule has 0 bridgehead atoms. The molecule has 2 aromatic heterocycles. The van der Waals surface area contributed by atoms with Gasteiger partial charge < -0.3 is 20.7 Å². The fourth-order valence-electron chi connectivity index (χ4n) is 2.30. The lowest BCUT2D eigenvalue weighted by atomic mass is 10.2. The molecule has 0 unspecified atom stereocenters. The highest BCUT2D eigenvalue weighted by molar-refractivity contribution is 7.13.